The highest BCUT2D eigenvalue weighted by molar-refractivity contribution is 7.16. The van der Waals surface area contributed by atoms with Crippen LogP contribution in [-0.4, -0.2) is 31.8 Å². The summed E-state index contributed by atoms with van der Waals surface area (Å²) in [6, 6.07) is 4.82. The molecule has 0 aliphatic carbocycles. The molecule has 0 saturated heterocycles. The van der Waals surface area contributed by atoms with Crippen molar-refractivity contribution in [2.75, 3.05) is 19.2 Å². The zero-order valence-corrected chi connectivity index (χ0v) is 15.1. The van der Waals surface area contributed by atoms with Gasteiger partial charge in [-0.2, -0.15) is 0 Å². The van der Waals surface area contributed by atoms with E-state index in [9.17, 15) is 14.4 Å². The molecule has 2 heterocycles. The van der Waals surface area contributed by atoms with E-state index in [1.807, 2.05) is 6.92 Å². The quantitative estimate of drug-likeness (QED) is 0.854. The Kier molecular flexibility index (Phi) is 4.81. The molecular formula is C17H16N2O6S. The summed E-state index contributed by atoms with van der Waals surface area (Å²) in [5.41, 5.74) is 1.27. The summed E-state index contributed by atoms with van der Waals surface area (Å²) in [6.07, 6.45) is -0.869. The first-order valence-corrected chi connectivity index (χ1v) is 8.42. The lowest BCUT2D eigenvalue weighted by Gasteiger charge is -2.08. The Hall–Kier alpha value is -3.07. The van der Waals surface area contributed by atoms with Gasteiger partial charge in [-0.25, -0.2) is 4.79 Å². The van der Waals surface area contributed by atoms with Crippen molar-refractivity contribution in [3.63, 3.8) is 0 Å². The minimum Gasteiger partial charge on any atom is -0.454 e. The Morgan fingerprint density at radius 2 is 1.85 bits per heavy atom. The molecule has 0 bridgehead atoms. The molecule has 1 aliphatic heterocycles. The van der Waals surface area contributed by atoms with Crippen LogP contribution in [0.4, 0.5) is 9.80 Å². The fraction of sp³-hybridized carbons (Fsp3) is 0.235. The number of methoxy groups -OCH3 is 1. The lowest BCUT2D eigenvalue weighted by molar-refractivity contribution is 0.0937. The summed E-state index contributed by atoms with van der Waals surface area (Å²) in [6.45, 7) is 3.68. The van der Waals surface area contributed by atoms with Gasteiger partial charge in [-0.15, -0.1) is 11.3 Å². The lowest BCUT2D eigenvalue weighted by Crippen LogP contribution is -2.31. The molecule has 0 unspecified atom stereocenters. The van der Waals surface area contributed by atoms with Gasteiger partial charge in [-0.05, 0) is 37.6 Å². The van der Waals surface area contributed by atoms with E-state index in [1.165, 1.54) is 11.3 Å². The van der Waals surface area contributed by atoms with Crippen molar-refractivity contribution in [1.29, 1.82) is 0 Å². The predicted molar refractivity (Wildman–Crippen MR) is 94.2 cm³/mol. The van der Waals surface area contributed by atoms with E-state index in [0.29, 0.717) is 27.6 Å². The molecule has 0 atom stereocenters. The van der Waals surface area contributed by atoms with Crippen LogP contribution >= 0.6 is 11.3 Å². The van der Waals surface area contributed by atoms with Gasteiger partial charge in [0.2, 0.25) is 6.79 Å². The average molecular weight is 376 g/mol. The van der Waals surface area contributed by atoms with Crippen LogP contribution < -0.4 is 20.1 Å². The van der Waals surface area contributed by atoms with Crippen LogP contribution in [-0.2, 0) is 4.74 Å². The number of ether oxygens (including phenoxy) is 3. The van der Waals surface area contributed by atoms with Crippen LogP contribution in [0.3, 0.4) is 0 Å². The first kappa shape index (κ1) is 17.7. The number of aryl methyl sites for hydroxylation is 1. The Morgan fingerprint density at radius 1 is 1.12 bits per heavy atom. The number of thiophene rings is 1. The normalized spacial score (nSPS) is 11.8. The Balaban J connectivity index is 1.85. The number of benzene rings is 1. The molecule has 3 rings (SSSR count). The number of rotatable bonds is 3. The van der Waals surface area contributed by atoms with Gasteiger partial charge in [0.15, 0.2) is 11.5 Å². The largest absolute Gasteiger partial charge is 0.454 e. The summed E-state index contributed by atoms with van der Waals surface area (Å²) in [4.78, 5) is 37.1. The van der Waals surface area contributed by atoms with Crippen LogP contribution in [0.2, 0.25) is 0 Å². The average Bonchev–Trinajstić information content (AvgIpc) is 3.18. The van der Waals surface area contributed by atoms with Crippen LogP contribution in [0, 0.1) is 13.8 Å². The van der Waals surface area contributed by atoms with Crippen LogP contribution in [0.1, 0.15) is 31.2 Å². The number of carbonyl (C=O) groups excluding carboxylic acids is 3. The van der Waals surface area contributed by atoms with Crippen molar-refractivity contribution >= 4 is 34.2 Å². The minimum absolute atomic E-state index is 0.113. The highest BCUT2D eigenvalue weighted by atomic mass is 32.1. The van der Waals surface area contributed by atoms with E-state index in [2.05, 4.69) is 15.4 Å². The first-order valence-electron chi connectivity index (χ1n) is 7.61. The van der Waals surface area contributed by atoms with Gasteiger partial charge in [-0.1, -0.05) is 0 Å². The molecule has 2 aromatic rings. The van der Waals surface area contributed by atoms with Gasteiger partial charge in [0.25, 0.3) is 11.8 Å². The number of anilines is 1. The molecule has 0 spiro atoms. The summed E-state index contributed by atoms with van der Waals surface area (Å²) in [7, 11) is 1.16. The summed E-state index contributed by atoms with van der Waals surface area (Å²) in [5.74, 6) is 0.0127. The molecule has 136 valence electrons. The minimum atomic E-state index is -0.869. The Bertz CT molecular complexity index is 905. The lowest BCUT2D eigenvalue weighted by atomic mass is 10.1. The molecule has 1 aliphatic rings. The van der Waals surface area contributed by atoms with Gasteiger partial charge in [0.05, 0.1) is 12.7 Å². The zero-order valence-electron chi connectivity index (χ0n) is 14.3. The Labute approximate surface area is 153 Å². The number of amides is 3. The third kappa shape index (κ3) is 3.33. The van der Waals surface area contributed by atoms with Crippen molar-refractivity contribution < 1.29 is 28.6 Å². The number of imide groups is 1. The number of nitrogens with one attached hydrogen (secondary N) is 2. The second-order valence-corrected chi connectivity index (χ2v) is 6.68. The first-order chi connectivity index (χ1) is 12.4. The van der Waals surface area contributed by atoms with Crippen molar-refractivity contribution in [2.45, 2.75) is 13.8 Å². The van der Waals surface area contributed by atoms with Crippen LogP contribution in [0.25, 0.3) is 0 Å². The molecule has 1 aromatic carbocycles. The molecule has 2 N–H and O–H groups in total. The molecule has 0 saturated carbocycles. The van der Waals surface area contributed by atoms with E-state index in [4.69, 9.17) is 9.47 Å². The highest BCUT2D eigenvalue weighted by Gasteiger charge is 2.24. The van der Waals surface area contributed by atoms with Gasteiger partial charge in [0, 0.05) is 10.4 Å². The fourth-order valence-electron chi connectivity index (χ4n) is 2.41. The fourth-order valence-corrected chi connectivity index (χ4v) is 3.46. The zero-order chi connectivity index (χ0) is 18.8. The third-order valence-corrected chi connectivity index (χ3v) is 5.00. The smallest absolute Gasteiger partial charge is 0.413 e. The van der Waals surface area contributed by atoms with E-state index in [-0.39, 0.29) is 12.4 Å². The SMILES string of the molecule is COC(=O)NC(=O)c1c(NC(=O)c2ccc3c(c2)OCO3)sc(C)c1C. The molecule has 26 heavy (non-hydrogen) atoms. The van der Waals surface area contributed by atoms with Gasteiger partial charge in [-0.3, -0.25) is 14.9 Å². The second-order valence-electron chi connectivity index (χ2n) is 5.46. The number of hydrogen-bond donors (Lipinski definition) is 2. The topological polar surface area (TPSA) is 103 Å². The molecule has 8 nitrogen and oxygen atoms in total. The molecular weight excluding hydrogens is 360 g/mol. The maximum Gasteiger partial charge on any atom is 0.413 e. The number of hydrogen-bond acceptors (Lipinski definition) is 7. The standard InChI is InChI=1S/C17H16N2O6S/c1-8-9(2)26-16(13(8)15(21)19-17(22)23-3)18-14(20)10-4-5-11-12(6-10)25-7-24-11/h4-6H,7H2,1-3H3,(H,18,20)(H,19,21,22). The molecule has 1 aromatic heterocycles. The number of fused-ring (bicyclic) bond motifs is 1. The molecule has 0 fully saturated rings. The van der Waals surface area contributed by atoms with Crippen LogP contribution in [0.5, 0.6) is 11.5 Å². The summed E-state index contributed by atoms with van der Waals surface area (Å²) >= 11 is 1.25. The van der Waals surface area contributed by atoms with Crippen molar-refractivity contribution in [2.24, 2.45) is 0 Å². The van der Waals surface area contributed by atoms with E-state index >= 15 is 0 Å². The van der Waals surface area contributed by atoms with Gasteiger partial charge >= 0.3 is 6.09 Å². The Morgan fingerprint density at radius 3 is 2.58 bits per heavy atom. The van der Waals surface area contributed by atoms with Gasteiger partial charge < -0.3 is 19.5 Å². The molecule has 0 radical (unpaired) electrons. The van der Waals surface area contributed by atoms with Crippen molar-refractivity contribution in [3.8, 4) is 11.5 Å². The van der Waals surface area contributed by atoms with Crippen LogP contribution in [0.15, 0.2) is 18.2 Å². The second kappa shape index (κ2) is 7.04. The van der Waals surface area contributed by atoms with Crippen molar-refractivity contribution in [1.82, 2.24) is 5.32 Å². The molecule has 3 amide bonds. The van der Waals surface area contributed by atoms with Crippen molar-refractivity contribution in [3.05, 3.63) is 39.8 Å². The summed E-state index contributed by atoms with van der Waals surface area (Å²) < 4.78 is 14.9. The number of alkyl carbamates (subject to hydrolysis) is 1. The maximum absolute atomic E-state index is 12.6. The maximum atomic E-state index is 12.6. The monoisotopic (exact) mass is 376 g/mol. The number of carbonyl (C=O) groups is 3. The highest BCUT2D eigenvalue weighted by Crippen LogP contribution is 2.35. The third-order valence-electron chi connectivity index (χ3n) is 3.88. The molecule has 9 heteroatoms. The van der Waals surface area contributed by atoms with E-state index in [0.717, 1.165) is 12.0 Å². The summed E-state index contributed by atoms with van der Waals surface area (Å²) in [5, 5.41) is 5.18. The van der Waals surface area contributed by atoms with E-state index < -0.39 is 17.9 Å². The van der Waals surface area contributed by atoms with Gasteiger partial charge in [0.1, 0.15) is 5.00 Å². The van der Waals surface area contributed by atoms with E-state index in [1.54, 1.807) is 25.1 Å². The predicted octanol–water partition coefficient (Wildman–Crippen LogP) is 2.84.